The standard InChI is InChI=1S/C14H20N2O/c1-11-6-5-7-12(10-11)16-9-8-15(4)14(2,3)13(16)17/h5-7,10H,8-9H2,1-4H3. The summed E-state index contributed by atoms with van der Waals surface area (Å²) in [6.45, 7) is 7.69. The maximum absolute atomic E-state index is 12.5. The van der Waals surface area contributed by atoms with Gasteiger partial charge in [0.15, 0.2) is 0 Å². The topological polar surface area (TPSA) is 23.6 Å². The van der Waals surface area contributed by atoms with Crippen molar-refractivity contribution >= 4 is 11.6 Å². The van der Waals surface area contributed by atoms with Crippen LogP contribution < -0.4 is 4.90 Å². The van der Waals surface area contributed by atoms with E-state index in [9.17, 15) is 4.79 Å². The number of hydrogen-bond donors (Lipinski definition) is 0. The smallest absolute Gasteiger partial charge is 0.246 e. The van der Waals surface area contributed by atoms with Gasteiger partial charge in [-0.2, -0.15) is 0 Å². The molecule has 0 N–H and O–H groups in total. The summed E-state index contributed by atoms with van der Waals surface area (Å²) in [6, 6.07) is 8.13. The van der Waals surface area contributed by atoms with E-state index >= 15 is 0 Å². The van der Waals surface area contributed by atoms with E-state index in [1.807, 2.05) is 37.9 Å². The summed E-state index contributed by atoms with van der Waals surface area (Å²) in [6.07, 6.45) is 0. The minimum Gasteiger partial charge on any atom is -0.310 e. The van der Waals surface area contributed by atoms with Gasteiger partial charge in [-0.1, -0.05) is 12.1 Å². The van der Waals surface area contributed by atoms with E-state index in [1.54, 1.807) is 0 Å². The minimum absolute atomic E-state index is 0.178. The predicted molar refractivity (Wildman–Crippen MR) is 70.2 cm³/mol. The Morgan fingerprint density at radius 3 is 2.59 bits per heavy atom. The third-order valence-electron chi connectivity index (χ3n) is 3.70. The van der Waals surface area contributed by atoms with Crippen molar-refractivity contribution in [2.75, 3.05) is 25.0 Å². The van der Waals surface area contributed by atoms with E-state index < -0.39 is 5.54 Å². The number of benzene rings is 1. The van der Waals surface area contributed by atoms with Gasteiger partial charge in [-0.15, -0.1) is 0 Å². The number of likely N-dealkylation sites (N-methyl/N-ethyl adjacent to an activating group) is 1. The highest BCUT2D eigenvalue weighted by atomic mass is 16.2. The van der Waals surface area contributed by atoms with Crippen molar-refractivity contribution < 1.29 is 4.79 Å². The summed E-state index contributed by atoms with van der Waals surface area (Å²) in [7, 11) is 2.01. The fourth-order valence-electron chi connectivity index (χ4n) is 2.17. The fraction of sp³-hybridized carbons (Fsp3) is 0.500. The predicted octanol–water partition coefficient (Wildman–Crippen LogP) is 2.05. The number of aryl methyl sites for hydroxylation is 1. The number of piperazine rings is 1. The van der Waals surface area contributed by atoms with Gasteiger partial charge in [-0.05, 0) is 45.5 Å². The van der Waals surface area contributed by atoms with Crippen molar-refractivity contribution in [2.45, 2.75) is 26.3 Å². The molecule has 0 spiro atoms. The first-order valence-corrected chi connectivity index (χ1v) is 6.03. The maximum Gasteiger partial charge on any atom is 0.246 e. The second kappa shape index (κ2) is 4.15. The molecule has 0 aromatic heterocycles. The van der Waals surface area contributed by atoms with Gasteiger partial charge in [0.25, 0.3) is 0 Å². The van der Waals surface area contributed by atoms with Crippen LogP contribution in [0.15, 0.2) is 24.3 Å². The van der Waals surface area contributed by atoms with Gasteiger partial charge < -0.3 is 4.90 Å². The number of amides is 1. The average Bonchev–Trinajstić information content (AvgIpc) is 2.27. The van der Waals surface area contributed by atoms with E-state index in [0.717, 1.165) is 18.8 Å². The van der Waals surface area contributed by atoms with Gasteiger partial charge in [0.1, 0.15) is 0 Å². The molecule has 1 amide bonds. The Kier molecular flexibility index (Phi) is 2.96. The zero-order valence-electron chi connectivity index (χ0n) is 11.0. The molecule has 1 aromatic carbocycles. The third kappa shape index (κ3) is 2.07. The molecule has 17 heavy (non-hydrogen) atoms. The lowest BCUT2D eigenvalue weighted by Crippen LogP contribution is -2.61. The summed E-state index contributed by atoms with van der Waals surface area (Å²) in [5, 5.41) is 0. The molecule has 1 saturated heterocycles. The van der Waals surface area contributed by atoms with Crippen LogP contribution in [0.25, 0.3) is 0 Å². The molecule has 0 aliphatic carbocycles. The van der Waals surface area contributed by atoms with Crippen molar-refractivity contribution in [3.05, 3.63) is 29.8 Å². The van der Waals surface area contributed by atoms with Crippen LogP contribution in [-0.4, -0.2) is 36.5 Å². The second-order valence-electron chi connectivity index (χ2n) is 5.28. The first-order chi connectivity index (χ1) is 7.93. The van der Waals surface area contributed by atoms with Crippen molar-refractivity contribution in [3.8, 4) is 0 Å². The van der Waals surface area contributed by atoms with Crippen LogP contribution in [-0.2, 0) is 4.79 Å². The van der Waals surface area contributed by atoms with Crippen LogP contribution in [0.4, 0.5) is 5.69 Å². The molecule has 2 rings (SSSR count). The van der Waals surface area contributed by atoms with E-state index in [2.05, 4.69) is 24.0 Å². The number of nitrogens with zero attached hydrogens (tertiary/aromatic N) is 2. The molecule has 1 fully saturated rings. The third-order valence-corrected chi connectivity index (χ3v) is 3.70. The highest BCUT2D eigenvalue weighted by Crippen LogP contribution is 2.26. The van der Waals surface area contributed by atoms with E-state index in [-0.39, 0.29) is 5.91 Å². The van der Waals surface area contributed by atoms with Crippen molar-refractivity contribution in [3.63, 3.8) is 0 Å². The van der Waals surface area contributed by atoms with Gasteiger partial charge in [0.2, 0.25) is 5.91 Å². The lowest BCUT2D eigenvalue weighted by Gasteiger charge is -2.44. The SMILES string of the molecule is Cc1cccc(N2CCN(C)C(C)(C)C2=O)c1. The number of anilines is 1. The molecule has 0 radical (unpaired) electrons. The van der Waals surface area contributed by atoms with Gasteiger partial charge in [-0.3, -0.25) is 9.69 Å². The Bertz CT molecular complexity index is 440. The Morgan fingerprint density at radius 2 is 1.94 bits per heavy atom. The van der Waals surface area contributed by atoms with Crippen molar-refractivity contribution in [1.82, 2.24) is 4.90 Å². The van der Waals surface area contributed by atoms with E-state index in [1.165, 1.54) is 5.56 Å². The number of carbonyl (C=O) groups excluding carboxylic acids is 1. The van der Waals surface area contributed by atoms with E-state index in [0.29, 0.717) is 0 Å². The summed E-state index contributed by atoms with van der Waals surface area (Å²) in [5.74, 6) is 0.178. The Hall–Kier alpha value is -1.35. The molecule has 3 heteroatoms. The Labute approximate surface area is 103 Å². The Morgan fingerprint density at radius 1 is 1.24 bits per heavy atom. The lowest BCUT2D eigenvalue weighted by molar-refractivity contribution is -0.130. The molecule has 1 aromatic rings. The fourth-order valence-corrected chi connectivity index (χ4v) is 2.17. The lowest BCUT2D eigenvalue weighted by atomic mass is 9.97. The van der Waals surface area contributed by atoms with Gasteiger partial charge in [-0.25, -0.2) is 0 Å². The van der Waals surface area contributed by atoms with Gasteiger partial charge in [0.05, 0.1) is 5.54 Å². The normalized spacial score (nSPS) is 20.7. The van der Waals surface area contributed by atoms with Crippen LogP contribution in [0.1, 0.15) is 19.4 Å². The van der Waals surface area contributed by atoms with Crippen LogP contribution in [0.3, 0.4) is 0 Å². The molecule has 1 heterocycles. The highest BCUT2D eigenvalue weighted by Gasteiger charge is 2.40. The van der Waals surface area contributed by atoms with Crippen molar-refractivity contribution in [2.24, 2.45) is 0 Å². The second-order valence-corrected chi connectivity index (χ2v) is 5.28. The number of rotatable bonds is 1. The summed E-state index contributed by atoms with van der Waals surface area (Å²) >= 11 is 0. The summed E-state index contributed by atoms with van der Waals surface area (Å²) < 4.78 is 0. The zero-order chi connectivity index (χ0) is 12.6. The van der Waals surface area contributed by atoms with Crippen LogP contribution in [0, 0.1) is 6.92 Å². The van der Waals surface area contributed by atoms with Crippen LogP contribution in [0.2, 0.25) is 0 Å². The van der Waals surface area contributed by atoms with Crippen molar-refractivity contribution in [1.29, 1.82) is 0 Å². The first-order valence-electron chi connectivity index (χ1n) is 6.03. The molecule has 0 saturated carbocycles. The zero-order valence-corrected chi connectivity index (χ0v) is 11.0. The maximum atomic E-state index is 12.5. The molecule has 1 aliphatic rings. The number of hydrogen-bond acceptors (Lipinski definition) is 2. The Balaban J connectivity index is 2.32. The minimum atomic E-state index is -0.415. The van der Waals surface area contributed by atoms with Crippen LogP contribution >= 0.6 is 0 Å². The average molecular weight is 232 g/mol. The molecule has 3 nitrogen and oxygen atoms in total. The molecule has 92 valence electrons. The number of carbonyl (C=O) groups is 1. The van der Waals surface area contributed by atoms with Gasteiger partial charge in [0, 0.05) is 18.8 Å². The quantitative estimate of drug-likeness (QED) is 0.740. The molecule has 0 unspecified atom stereocenters. The molecule has 0 atom stereocenters. The van der Waals surface area contributed by atoms with E-state index in [4.69, 9.17) is 0 Å². The summed E-state index contributed by atoms with van der Waals surface area (Å²) in [5.41, 5.74) is 1.78. The molecular weight excluding hydrogens is 212 g/mol. The molecule has 0 bridgehead atoms. The monoisotopic (exact) mass is 232 g/mol. The summed E-state index contributed by atoms with van der Waals surface area (Å²) in [4.78, 5) is 16.5. The molecule has 1 aliphatic heterocycles. The first kappa shape index (κ1) is 12.1. The van der Waals surface area contributed by atoms with Crippen LogP contribution in [0.5, 0.6) is 0 Å². The largest absolute Gasteiger partial charge is 0.310 e. The molecular formula is C14H20N2O. The highest BCUT2D eigenvalue weighted by molar-refractivity contribution is 6.00. The van der Waals surface area contributed by atoms with Gasteiger partial charge >= 0.3 is 0 Å².